The summed E-state index contributed by atoms with van der Waals surface area (Å²) >= 11 is 1.27. The second-order valence-corrected chi connectivity index (χ2v) is 7.48. The van der Waals surface area contributed by atoms with Crippen LogP contribution in [0, 0.1) is 6.92 Å². The van der Waals surface area contributed by atoms with Crippen molar-refractivity contribution in [2.75, 3.05) is 11.9 Å². The second-order valence-electron chi connectivity index (χ2n) is 6.42. The average molecular weight is 405 g/mol. The lowest BCUT2D eigenvalue weighted by molar-refractivity contribution is -0.118. The second kappa shape index (κ2) is 8.70. The highest BCUT2D eigenvalue weighted by atomic mass is 32.1. The number of benzene rings is 3. The highest BCUT2D eigenvalue weighted by Gasteiger charge is 2.10. The monoisotopic (exact) mass is 405 g/mol. The minimum Gasteiger partial charge on any atom is -0.486 e. The smallest absolute Gasteiger partial charge is 0.264 e. The zero-order valence-electron chi connectivity index (χ0n) is 15.8. The molecule has 0 atom stereocenters. The Morgan fingerprint density at radius 3 is 2.62 bits per heavy atom. The molecule has 0 fully saturated rings. The minimum absolute atomic E-state index is 0.0928. The van der Waals surface area contributed by atoms with Crippen molar-refractivity contribution in [3.05, 3.63) is 77.3 Å². The molecule has 7 heteroatoms. The molecule has 4 rings (SSSR count). The number of aryl methyl sites for hydroxylation is 1. The van der Waals surface area contributed by atoms with Gasteiger partial charge in [0.2, 0.25) is 5.13 Å². The van der Waals surface area contributed by atoms with Gasteiger partial charge in [0.05, 0.1) is 0 Å². The van der Waals surface area contributed by atoms with Crippen LogP contribution in [0.2, 0.25) is 0 Å². The molecule has 0 aliphatic carbocycles. The number of fused-ring (bicyclic) bond motifs is 1. The summed E-state index contributed by atoms with van der Waals surface area (Å²) in [6.45, 7) is 2.18. The molecule has 0 bridgehead atoms. The summed E-state index contributed by atoms with van der Waals surface area (Å²) < 4.78 is 11.4. The van der Waals surface area contributed by atoms with E-state index in [0.717, 1.165) is 22.1 Å². The van der Waals surface area contributed by atoms with Gasteiger partial charge in [-0.15, -0.1) is 10.2 Å². The van der Waals surface area contributed by atoms with E-state index in [4.69, 9.17) is 9.47 Å². The number of nitrogens with one attached hydrogen (secondary N) is 1. The van der Waals surface area contributed by atoms with Crippen LogP contribution in [0.5, 0.6) is 11.5 Å². The van der Waals surface area contributed by atoms with E-state index < -0.39 is 0 Å². The maximum absolute atomic E-state index is 12.1. The number of amides is 1. The molecular weight excluding hydrogens is 386 g/mol. The molecule has 146 valence electrons. The Kier molecular flexibility index (Phi) is 5.67. The largest absolute Gasteiger partial charge is 0.486 e. The SMILES string of the molecule is Cc1ccc(OCC(=O)Nc2nnc(COc3cccc4ccccc34)s2)cc1. The summed E-state index contributed by atoms with van der Waals surface area (Å²) in [5, 5.41) is 14.0. The molecule has 6 nitrogen and oxygen atoms in total. The third-order valence-corrected chi connectivity index (χ3v) is 5.02. The van der Waals surface area contributed by atoms with Crippen molar-refractivity contribution in [2.45, 2.75) is 13.5 Å². The van der Waals surface area contributed by atoms with Gasteiger partial charge >= 0.3 is 0 Å². The fourth-order valence-corrected chi connectivity index (χ4v) is 3.43. The van der Waals surface area contributed by atoms with Gasteiger partial charge in [-0.05, 0) is 30.5 Å². The number of carbonyl (C=O) groups is 1. The van der Waals surface area contributed by atoms with E-state index in [2.05, 4.69) is 15.5 Å². The molecule has 0 aliphatic heterocycles. The topological polar surface area (TPSA) is 73.3 Å². The zero-order chi connectivity index (χ0) is 20.1. The summed E-state index contributed by atoms with van der Waals surface area (Å²) in [4.78, 5) is 12.1. The van der Waals surface area contributed by atoms with E-state index in [1.165, 1.54) is 11.3 Å². The van der Waals surface area contributed by atoms with Crippen LogP contribution >= 0.6 is 11.3 Å². The molecule has 1 N–H and O–H groups in total. The summed E-state index contributed by atoms with van der Waals surface area (Å²) in [6.07, 6.45) is 0. The van der Waals surface area contributed by atoms with Crippen LogP contribution in [0.3, 0.4) is 0 Å². The number of aromatic nitrogens is 2. The van der Waals surface area contributed by atoms with Crippen LogP contribution in [-0.4, -0.2) is 22.7 Å². The molecular formula is C22H19N3O3S. The van der Waals surface area contributed by atoms with Crippen molar-refractivity contribution in [1.82, 2.24) is 10.2 Å². The molecule has 4 aromatic rings. The zero-order valence-corrected chi connectivity index (χ0v) is 16.6. The summed E-state index contributed by atoms with van der Waals surface area (Å²) in [5.41, 5.74) is 1.13. The van der Waals surface area contributed by atoms with Gasteiger partial charge in [-0.1, -0.05) is 65.4 Å². The maximum Gasteiger partial charge on any atom is 0.264 e. The molecule has 3 aromatic carbocycles. The number of carbonyl (C=O) groups excluding carboxylic acids is 1. The van der Waals surface area contributed by atoms with Gasteiger partial charge < -0.3 is 9.47 Å². The first kappa shape index (κ1) is 18.9. The van der Waals surface area contributed by atoms with Gasteiger partial charge in [-0.3, -0.25) is 10.1 Å². The van der Waals surface area contributed by atoms with Crippen LogP contribution in [0.25, 0.3) is 10.8 Å². The van der Waals surface area contributed by atoms with Crippen molar-refractivity contribution in [3.63, 3.8) is 0 Å². The van der Waals surface area contributed by atoms with Crippen molar-refractivity contribution in [2.24, 2.45) is 0 Å². The molecule has 0 saturated heterocycles. The lowest BCUT2D eigenvalue weighted by Gasteiger charge is -2.07. The van der Waals surface area contributed by atoms with Gasteiger partial charge in [-0.2, -0.15) is 0 Å². The molecule has 0 radical (unpaired) electrons. The highest BCUT2D eigenvalue weighted by Crippen LogP contribution is 2.26. The molecule has 0 unspecified atom stereocenters. The summed E-state index contributed by atoms with van der Waals surface area (Å²) in [7, 11) is 0. The third-order valence-electron chi connectivity index (χ3n) is 4.20. The highest BCUT2D eigenvalue weighted by molar-refractivity contribution is 7.15. The first-order valence-electron chi connectivity index (χ1n) is 9.10. The Labute approximate surface area is 172 Å². The normalized spacial score (nSPS) is 10.7. The van der Waals surface area contributed by atoms with E-state index >= 15 is 0 Å². The van der Waals surface area contributed by atoms with Crippen molar-refractivity contribution in [3.8, 4) is 11.5 Å². The van der Waals surface area contributed by atoms with Crippen LogP contribution in [-0.2, 0) is 11.4 Å². The Morgan fingerprint density at radius 2 is 1.76 bits per heavy atom. The Balaban J connectivity index is 1.31. The molecule has 0 saturated carbocycles. The Bertz CT molecular complexity index is 1120. The van der Waals surface area contributed by atoms with E-state index in [9.17, 15) is 4.79 Å². The molecule has 0 spiro atoms. The third kappa shape index (κ3) is 4.89. The lowest BCUT2D eigenvalue weighted by atomic mass is 10.1. The van der Waals surface area contributed by atoms with Crippen LogP contribution in [0.1, 0.15) is 10.6 Å². The van der Waals surface area contributed by atoms with Gasteiger partial charge in [0.15, 0.2) is 11.6 Å². The summed E-state index contributed by atoms with van der Waals surface area (Å²) in [5.74, 6) is 1.14. The molecule has 29 heavy (non-hydrogen) atoms. The number of anilines is 1. The quantitative estimate of drug-likeness (QED) is 0.487. The fourth-order valence-electron chi connectivity index (χ4n) is 2.76. The number of hydrogen-bond donors (Lipinski definition) is 1. The van der Waals surface area contributed by atoms with Gasteiger partial charge in [0.25, 0.3) is 5.91 Å². The maximum atomic E-state index is 12.1. The number of ether oxygens (including phenoxy) is 2. The molecule has 0 aliphatic rings. The van der Waals surface area contributed by atoms with E-state index in [-0.39, 0.29) is 19.1 Å². The predicted molar refractivity (Wildman–Crippen MR) is 113 cm³/mol. The minimum atomic E-state index is -0.289. The number of rotatable bonds is 7. The predicted octanol–water partition coefficient (Wildman–Crippen LogP) is 4.60. The van der Waals surface area contributed by atoms with E-state index in [1.54, 1.807) is 0 Å². The van der Waals surface area contributed by atoms with E-state index in [0.29, 0.717) is 15.9 Å². The van der Waals surface area contributed by atoms with Crippen molar-refractivity contribution in [1.29, 1.82) is 0 Å². The van der Waals surface area contributed by atoms with Gasteiger partial charge in [0.1, 0.15) is 18.1 Å². The van der Waals surface area contributed by atoms with Gasteiger partial charge in [0, 0.05) is 5.39 Å². The lowest BCUT2D eigenvalue weighted by Crippen LogP contribution is -2.20. The van der Waals surface area contributed by atoms with Crippen LogP contribution < -0.4 is 14.8 Å². The number of hydrogen-bond acceptors (Lipinski definition) is 6. The Hall–Kier alpha value is -3.45. The van der Waals surface area contributed by atoms with Crippen molar-refractivity contribution < 1.29 is 14.3 Å². The van der Waals surface area contributed by atoms with Gasteiger partial charge in [-0.25, -0.2) is 0 Å². The van der Waals surface area contributed by atoms with E-state index in [1.807, 2.05) is 73.7 Å². The summed E-state index contributed by atoms with van der Waals surface area (Å²) in [6, 6.07) is 21.5. The Morgan fingerprint density at radius 1 is 0.966 bits per heavy atom. The van der Waals surface area contributed by atoms with Crippen LogP contribution in [0.15, 0.2) is 66.7 Å². The molecule has 1 amide bonds. The standard InChI is InChI=1S/C22H19N3O3S/c1-15-9-11-17(12-10-15)27-13-20(26)23-22-25-24-21(29-22)14-28-19-8-4-6-16-5-2-3-7-18(16)19/h2-12H,13-14H2,1H3,(H,23,25,26). The van der Waals surface area contributed by atoms with Crippen molar-refractivity contribution >= 4 is 33.1 Å². The number of nitrogens with zero attached hydrogens (tertiary/aromatic N) is 2. The first-order valence-corrected chi connectivity index (χ1v) is 9.91. The van der Waals surface area contributed by atoms with Crippen LogP contribution in [0.4, 0.5) is 5.13 Å². The first-order chi connectivity index (χ1) is 14.2. The fraction of sp³-hybridized carbons (Fsp3) is 0.136. The molecule has 1 heterocycles. The molecule has 1 aromatic heterocycles. The average Bonchev–Trinajstić information content (AvgIpc) is 3.19.